The Morgan fingerprint density at radius 3 is 2.11 bits per heavy atom. The van der Waals surface area contributed by atoms with Gasteiger partial charge in [0.2, 0.25) is 0 Å². The SMILES string of the molecule is CCCCCCCCCCCc1[nH]c(C(C)O)c[n+]1Cc1ccccc1.[Br-]. The summed E-state index contributed by atoms with van der Waals surface area (Å²) in [5.74, 6) is 1.23. The minimum absolute atomic E-state index is 0. The van der Waals surface area contributed by atoms with E-state index in [9.17, 15) is 5.11 Å². The molecular formula is C23H37BrN2O. The number of hydrogen-bond donors (Lipinski definition) is 2. The molecule has 0 radical (unpaired) electrons. The number of aliphatic hydroxyl groups excluding tert-OH is 1. The minimum atomic E-state index is -0.450. The molecule has 1 heterocycles. The number of nitrogens with zero attached hydrogens (tertiary/aromatic N) is 1. The van der Waals surface area contributed by atoms with Crippen molar-refractivity contribution in [1.82, 2.24) is 4.98 Å². The van der Waals surface area contributed by atoms with Crippen molar-refractivity contribution in [2.24, 2.45) is 0 Å². The van der Waals surface area contributed by atoms with Gasteiger partial charge in [-0.25, -0.2) is 9.55 Å². The fourth-order valence-corrected chi connectivity index (χ4v) is 3.46. The number of aromatic nitrogens is 2. The third-order valence-electron chi connectivity index (χ3n) is 5.09. The van der Waals surface area contributed by atoms with E-state index in [1.807, 2.05) is 6.92 Å². The molecule has 1 unspecified atom stereocenters. The summed E-state index contributed by atoms with van der Waals surface area (Å²) in [5, 5.41) is 9.91. The lowest BCUT2D eigenvalue weighted by molar-refractivity contribution is -0.694. The van der Waals surface area contributed by atoms with Crippen molar-refractivity contribution in [3.63, 3.8) is 0 Å². The number of H-pyrrole nitrogens is 1. The van der Waals surface area contributed by atoms with Gasteiger partial charge in [-0.1, -0.05) is 88.6 Å². The van der Waals surface area contributed by atoms with Crippen LogP contribution in [0, 0.1) is 0 Å². The summed E-state index contributed by atoms with van der Waals surface area (Å²) in [5.41, 5.74) is 2.20. The van der Waals surface area contributed by atoms with E-state index in [1.165, 1.54) is 69.2 Å². The fourth-order valence-electron chi connectivity index (χ4n) is 3.46. The van der Waals surface area contributed by atoms with Crippen molar-refractivity contribution in [2.45, 2.75) is 90.7 Å². The van der Waals surface area contributed by atoms with E-state index in [1.54, 1.807) is 0 Å². The Kier molecular flexibility index (Phi) is 12.4. The summed E-state index contributed by atoms with van der Waals surface area (Å²) in [7, 11) is 0. The number of aliphatic hydroxyl groups is 1. The highest BCUT2D eigenvalue weighted by atomic mass is 79.9. The molecule has 3 nitrogen and oxygen atoms in total. The Morgan fingerprint density at radius 1 is 0.926 bits per heavy atom. The number of hydrogen-bond acceptors (Lipinski definition) is 1. The molecule has 0 saturated heterocycles. The van der Waals surface area contributed by atoms with E-state index in [2.05, 4.69) is 53.0 Å². The normalized spacial score (nSPS) is 12.0. The molecule has 0 bridgehead atoms. The molecule has 0 amide bonds. The van der Waals surface area contributed by atoms with Crippen LogP contribution in [0.2, 0.25) is 0 Å². The van der Waals surface area contributed by atoms with Crippen molar-refractivity contribution in [1.29, 1.82) is 0 Å². The molecule has 0 aliphatic heterocycles. The molecule has 2 rings (SSSR count). The number of imidazole rings is 1. The van der Waals surface area contributed by atoms with Gasteiger partial charge in [0, 0.05) is 6.42 Å². The van der Waals surface area contributed by atoms with Gasteiger partial charge >= 0.3 is 0 Å². The fraction of sp³-hybridized carbons (Fsp3) is 0.609. The molecule has 4 heteroatoms. The molecule has 2 aromatic rings. The zero-order valence-corrected chi connectivity index (χ0v) is 18.7. The zero-order chi connectivity index (χ0) is 18.6. The molecule has 1 aromatic carbocycles. The first-order valence-electron chi connectivity index (χ1n) is 10.5. The second-order valence-corrected chi connectivity index (χ2v) is 7.52. The summed E-state index contributed by atoms with van der Waals surface area (Å²) in [6.07, 6.45) is 14.8. The minimum Gasteiger partial charge on any atom is -1.00 e. The highest BCUT2D eigenvalue weighted by molar-refractivity contribution is 5.13. The first-order chi connectivity index (χ1) is 12.7. The van der Waals surface area contributed by atoms with E-state index in [-0.39, 0.29) is 17.0 Å². The quantitative estimate of drug-likeness (QED) is 0.367. The van der Waals surface area contributed by atoms with Gasteiger partial charge in [0.1, 0.15) is 18.8 Å². The van der Waals surface area contributed by atoms with Crippen molar-refractivity contribution in [2.75, 3.05) is 0 Å². The number of halogens is 1. The molecule has 0 spiro atoms. The molecular weight excluding hydrogens is 400 g/mol. The Bertz CT molecular complexity index is 610. The first-order valence-corrected chi connectivity index (χ1v) is 10.5. The molecule has 0 aliphatic carbocycles. The third-order valence-corrected chi connectivity index (χ3v) is 5.09. The summed E-state index contributed by atoms with van der Waals surface area (Å²) in [4.78, 5) is 3.44. The maximum Gasteiger partial charge on any atom is 0.254 e. The standard InChI is InChI=1S/C23H36N2O.BrH/c1-3-4-5-6-7-8-9-10-14-17-23-24-22(20(2)26)19-25(23)18-21-15-12-11-13-16-21;/h11-13,15-16,19-20,26H,3-10,14,17-18H2,1-2H3;1H. The lowest BCUT2D eigenvalue weighted by atomic mass is 10.1. The maximum absolute atomic E-state index is 9.91. The second-order valence-electron chi connectivity index (χ2n) is 7.52. The lowest BCUT2D eigenvalue weighted by Crippen LogP contribution is -3.00. The van der Waals surface area contributed by atoms with Gasteiger partial charge in [0.25, 0.3) is 5.82 Å². The van der Waals surface area contributed by atoms with E-state index in [0.717, 1.165) is 18.7 Å². The smallest absolute Gasteiger partial charge is 0.254 e. The predicted octanol–water partition coefficient (Wildman–Crippen LogP) is 2.48. The Labute approximate surface area is 176 Å². The molecule has 152 valence electrons. The highest BCUT2D eigenvalue weighted by Crippen LogP contribution is 2.13. The highest BCUT2D eigenvalue weighted by Gasteiger charge is 2.18. The average Bonchev–Trinajstić information content (AvgIpc) is 3.04. The van der Waals surface area contributed by atoms with Crippen LogP contribution in [0.4, 0.5) is 0 Å². The van der Waals surface area contributed by atoms with E-state index >= 15 is 0 Å². The summed E-state index contributed by atoms with van der Waals surface area (Å²) < 4.78 is 2.27. The van der Waals surface area contributed by atoms with Gasteiger partial charge in [-0.05, 0) is 18.9 Å². The Hall–Kier alpha value is -1.13. The molecule has 1 atom stereocenters. The second kappa shape index (κ2) is 14.0. The average molecular weight is 437 g/mol. The molecule has 2 N–H and O–H groups in total. The van der Waals surface area contributed by atoms with Crippen LogP contribution in [0.5, 0.6) is 0 Å². The van der Waals surface area contributed by atoms with Crippen LogP contribution >= 0.6 is 0 Å². The summed E-state index contributed by atoms with van der Waals surface area (Å²) in [6.45, 7) is 4.95. The summed E-state index contributed by atoms with van der Waals surface area (Å²) in [6, 6.07) is 10.5. The molecule has 1 aromatic heterocycles. The summed E-state index contributed by atoms with van der Waals surface area (Å²) >= 11 is 0. The van der Waals surface area contributed by atoms with Crippen LogP contribution in [0.15, 0.2) is 36.5 Å². The number of unbranched alkanes of at least 4 members (excludes halogenated alkanes) is 8. The van der Waals surface area contributed by atoms with Crippen LogP contribution in [0.3, 0.4) is 0 Å². The predicted molar refractivity (Wildman–Crippen MR) is 108 cm³/mol. The van der Waals surface area contributed by atoms with Crippen molar-refractivity contribution in [3.8, 4) is 0 Å². The monoisotopic (exact) mass is 436 g/mol. The largest absolute Gasteiger partial charge is 1.00 e. The first kappa shape index (κ1) is 23.9. The van der Waals surface area contributed by atoms with Crippen LogP contribution < -0.4 is 21.5 Å². The molecule has 0 saturated carbocycles. The third kappa shape index (κ3) is 9.07. The van der Waals surface area contributed by atoms with Gasteiger partial charge < -0.3 is 22.1 Å². The van der Waals surface area contributed by atoms with E-state index in [0.29, 0.717) is 0 Å². The van der Waals surface area contributed by atoms with Gasteiger partial charge in [-0.2, -0.15) is 0 Å². The van der Waals surface area contributed by atoms with Crippen LogP contribution in [-0.4, -0.2) is 10.1 Å². The van der Waals surface area contributed by atoms with Crippen molar-refractivity contribution >= 4 is 0 Å². The molecule has 0 fully saturated rings. The topological polar surface area (TPSA) is 39.9 Å². The van der Waals surface area contributed by atoms with Crippen molar-refractivity contribution < 1.29 is 26.7 Å². The van der Waals surface area contributed by atoms with Crippen molar-refractivity contribution in [3.05, 3.63) is 53.6 Å². The number of benzene rings is 1. The van der Waals surface area contributed by atoms with Gasteiger partial charge in [0.15, 0.2) is 5.69 Å². The van der Waals surface area contributed by atoms with Gasteiger partial charge in [0.05, 0.1) is 0 Å². The lowest BCUT2D eigenvalue weighted by Gasteiger charge is -2.03. The Balaban J connectivity index is 0.00000364. The number of aromatic amines is 1. The van der Waals surface area contributed by atoms with E-state index in [4.69, 9.17) is 0 Å². The van der Waals surface area contributed by atoms with Gasteiger partial charge in [-0.15, -0.1) is 0 Å². The number of rotatable bonds is 13. The van der Waals surface area contributed by atoms with Crippen LogP contribution in [0.25, 0.3) is 0 Å². The van der Waals surface area contributed by atoms with Crippen LogP contribution in [-0.2, 0) is 13.0 Å². The zero-order valence-electron chi connectivity index (χ0n) is 17.1. The Morgan fingerprint density at radius 2 is 1.52 bits per heavy atom. The van der Waals surface area contributed by atoms with Gasteiger partial charge in [-0.3, -0.25) is 0 Å². The number of aryl methyl sites for hydroxylation is 1. The number of nitrogens with one attached hydrogen (secondary N) is 1. The van der Waals surface area contributed by atoms with E-state index < -0.39 is 6.10 Å². The maximum atomic E-state index is 9.91. The van der Waals surface area contributed by atoms with Crippen LogP contribution in [0.1, 0.15) is 94.8 Å². The molecule has 0 aliphatic rings. The molecule has 27 heavy (non-hydrogen) atoms.